The van der Waals surface area contributed by atoms with Crippen LogP contribution in [-0.4, -0.2) is 82.1 Å². The number of hydroxylamine groups is 4. The average molecular weight is 516 g/mol. The SMILES string of the molecule is O=C(CCC(=O)ON1C(=O)CC(S(=O)(=O)[O-])C1=O)ON1C(=O)CC(S(=O)(=O)[O-])C1=O.[Na+].[Na+]. The van der Waals surface area contributed by atoms with Crippen molar-refractivity contribution < 1.29 is 123 Å². The van der Waals surface area contributed by atoms with Crippen LogP contribution in [0.15, 0.2) is 0 Å². The Bertz CT molecular complexity index is 972. The summed E-state index contributed by atoms with van der Waals surface area (Å²) in [4.78, 5) is 78.2. The predicted octanol–water partition coefficient (Wildman–Crippen LogP) is -9.96. The molecule has 0 saturated carbocycles. The molecular weight excluding hydrogens is 506 g/mol. The molecule has 16 nitrogen and oxygen atoms in total. The Morgan fingerprint density at radius 1 is 0.750 bits per heavy atom. The van der Waals surface area contributed by atoms with Crippen LogP contribution >= 0.6 is 0 Å². The number of carbonyl (C=O) groups excluding carboxylic acids is 6. The first-order valence-corrected chi connectivity index (χ1v) is 10.6. The largest absolute Gasteiger partial charge is 1.00 e. The summed E-state index contributed by atoms with van der Waals surface area (Å²) in [6.45, 7) is 0. The minimum Gasteiger partial charge on any atom is -0.747 e. The molecule has 2 saturated heterocycles. The van der Waals surface area contributed by atoms with Crippen LogP contribution in [0.4, 0.5) is 0 Å². The zero-order chi connectivity index (χ0) is 23.0. The van der Waals surface area contributed by atoms with E-state index in [1.807, 2.05) is 0 Å². The predicted molar refractivity (Wildman–Crippen MR) is 81.3 cm³/mol. The summed E-state index contributed by atoms with van der Waals surface area (Å²) >= 11 is 0. The number of nitrogens with zero attached hydrogens (tertiary/aromatic N) is 2. The molecule has 4 amide bonds. The monoisotopic (exact) mass is 516 g/mol. The average Bonchev–Trinajstić information content (AvgIpc) is 3.04. The van der Waals surface area contributed by atoms with Gasteiger partial charge in [-0.05, 0) is 0 Å². The molecule has 2 rings (SSSR count). The van der Waals surface area contributed by atoms with Gasteiger partial charge < -0.3 is 18.8 Å². The van der Waals surface area contributed by atoms with Crippen LogP contribution in [0.25, 0.3) is 0 Å². The van der Waals surface area contributed by atoms with E-state index in [0.29, 0.717) is 0 Å². The van der Waals surface area contributed by atoms with Crippen molar-refractivity contribution in [3.63, 3.8) is 0 Å². The molecular formula is C12H10N2Na2O14S2. The third kappa shape index (κ3) is 7.27. The van der Waals surface area contributed by atoms with Crippen LogP contribution in [-0.2, 0) is 58.7 Å². The van der Waals surface area contributed by atoms with Gasteiger partial charge in [-0.25, -0.2) is 26.4 Å². The fourth-order valence-electron chi connectivity index (χ4n) is 2.31. The Kier molecular flexibility index (Phi) is 11.1. The maximum absolute atomic E-state index is 11.7. The molecule has 2 fully saturated rings. The molecule has 20 heteroatoms. The summed E-state index contributed by atoms with van der Waals surface area (Å²) in [6.07, 6.45) is -3.87. The van der Waals surface area contributed by atoms with Crippen LogP contribution in [0.5, 0.6) is 0 Å². The van der Waals surface area contributed by atoms with Gasteiger partial charge in [0.1, 0.15) is 30.7 Å². The van der Waals surface area contributed by atoms with E-state index >= 15 is 0 Å². The Morgan fingerprint density at radius 2 is 1.03 bits per heavy atom. The van der Waals surface area contributed by atoms with E-state index in [1.165, 1.54) is 0 Å². The minimum atomic E-state index is -5.18. The normalized spacial score (nSPS) is 21.2. The van der Waals surface area contributed by atoms with Gasteiger partial charge in [0.15, 0.2) is 0 Å². The van der Waals surface area contributed by atoms with Gasteiger partial charge in [0.05, 0.1) is 25.7 Å². The van der Waals surface area contributed by atoms with Crippen LogP contribution in [0.3, 0.4) is 0 Å². The summed E-state index contributed by atoms with van der Waals surface area (Å²) in [5.74, 6) is -8.61. The molecule has 0 aromatic carbocycles. The molecule has 2 aliphatic heterocycles. The van der Waals surface area contributed by atoms with Crippen LogP contribution in [0.2, 0.25) is 0 Å². The van der Waals surface area contributed by atoms with Crippen LogP contribution in [0, 0.1) is 0 Å². The third-order valence-corrected chi connectivity index (χ3v) is 5.87. The van der Waals surface area contributed by atoms with E-state index in [9.17, 15) is 54.7 Å². The number of carbonyl (C=O) groups is 6. The fraction of sp³-hybridized carbons (Fsp3) is 0.500. The second-order valence-electron chi connectivity index (χ2n) is 5.85. The summed E-state index contributed by atoms with van der Waals surface area (Å²) in [5.41, 5.74) is 0. The number of hydrogen-bond donors (Lipinski definition) is 0. The second-order valence-corrected chi connectivity index (χ2v) is 8.96. The van der Waals surface area contributed by atoms with Crippen molar-refractivity contribution >= 4 is 55.8 Å². The molecule has 0 aromatic rings. The van der Waals surface area contributed by atoms with Crippen molar-refractivity contribution in [3.8, 4) is 0 Å². The molecule has 32 heavy (non-hydrogen) atoms. The van der Waals surface area contributed by atoms with Gasteiger partial charge >= 0.3 is 71.1 Å². The summed E-state index contributed by atoms with van der Waals surface area (Å²) in [6, 6.07) is 0. The zero-order valence-corrected chi connectivity index (χ0v) is 22.0. The topological polar surface area (TPSA) is 242 Å². The van der Waals surface area contributed by atoms with E-state index in [4.69, 9.17) is 0 Å². The first-order chi connectivity index (χ1) is 13.6. The van der Waals surface area contributed by atoms with Gasteiger partial charge in [-0.15, -0.1) is 10.1 Å². The Balaban J connectivity index is 0.00000480. The molecule has 0 spiro atoms. The third-order valence-electron chi connectivity index (χ3n) is 3.74. The number of rotatable bonds is 7. The van der Waals surface area contributed by atoms with Crippen molar-refractivity contribution in [3.05, 3.63) is 0 Å². The second kappa shape index (κ2) is 11.4. The Hall–Kier alpha value is -0.960. The van der Waals surface area contributed by atoms with Gasteiger partial charge in [-0.3, -0.25) is 19.2 Å². The maximum Gasteiger partial charge on any atom is 1.00 e. The first-order valence-electron chi connectivity index (χ1n) is 7.67. The number of imide groups is 2. The number of hydrogen-bond acceptors (Lipinski definition) is 14. The molecule has 2 heterocycles. The van der Waals surface area contributed by atoms with Crippen molar-refractivity contribution in [1.29, 1.82) is 0 Å². The fourth-order valence-corrected chi connectivity index (χ4v) is 3.69. The van der Waals surface area contributed by atoms with Crippen molar-refractivity contribution in [2.45, 2.75) is 36.2 Å². The van der Waals surface area contributed by atoms with Gasteiger partial charge in [-0.1, -0.05) is 0 Å². The summed E-state index contributed by atoms with van der Waals surface area (Å²) in [7, 11) is -10.4. The maximum atomic E-state index is 11.7. The molecule has 2 aliphatic rings. The van der Waals surface area contributed by atoms with E-state index in [0.717, 1.165) is 0 Å². The standard InChI is InChI=1S/C12H12N2O14S2.2Na/c15-7-3-5(29(21,22)23)11(19)13(7)27-9(17)1-2-10(18)28-14-8(16)4-6(12(14)20)30(24,25)26;;/h5-6H,1-4H2,(H,21,22,23)(H,24,25,26);;/q;2*+1/p-2. The van der Waals surface area contributed by atoms with E-state index in [-0.39, 0.29) is 69.2 Å². The minimum absolute atomic E-state index is 0. The van der Waals surface area contributed by atoms with Crippen molar-refractivity contribution in [1.82, 2.24) is 10.1 Å². The summed E-state index contributed by atoms with van der Waals surface area (Å²) < 4.78 is 65.2. The zero-order valence-electron chi connectivity index (χ0n) is 16.4. The van der Waals surface area contributed by atoms with Gasteiger partial charge in [0.2, 0.25) is 0 Å². The van der Waals surface area contributed by atoms with Gasteiger partial charge in [-0.2, -0.15) is 0 Å². The van der Waals surface area contributed by atoms with Crippen LogP contribution < -0.4 is 59.1 Å². The van der Waals surface area contributed by atoms with Gasteiger partial charge in [0, 0.05) is 0 Å². The quantitative estimate of drug-likeness (QED) is 0.173. The molecule has 0 aliphatic carbocycles. The summed E-state index contributed by atoms with van der Waals surface area (Å²) in [5, 5.41) is -5.02. The molecule has 0 radical (unpaired) electrons. The Morgan fingerprint density at radius 3 is 1.25 bits per heavy atom. The number of amides is 4. The molecule has 2 unspecified atom stereocenters. The smallest absolute Gasteiger partial charge is 0.747 e. The van der Waals surface area contributed by atoms with Crippen LogP contribution in [0.1, 0.15) is 25.7 Å². The molecule has 2 atom stereocenters. The van der Waals surface area contributed by atoms with Gasteiger partial charge in [0.25, 0.3) is 23.6 Å². The van der Waals surface area contributed by atoms with E-state index in [2.05, 4.69) is 9.68 Å². The van der Waals surface area contributed by atoms with E-state index < -0.39 is 92.0 Å². The van der Waals surface area contributed by atoms with Crippen molar-refractivity contribution in [2.24, 2.45) is 0 Å². The first kappa shape index (κ1) is 31.0. The van der Waals surface area contributed by atoms with E-state index in [1.54, 1.807) is 0 Å². The Labute approximate surface area is 223 Å². The molecule has 166 valence electrons. The molecule has 0 N–H and O–H groups in total. The molecule has 0 aromatic heterocycles. The van der Waals surface area contributed by atoms with Crippen molar-refractivity contribution in [2.75, 3.05) is 0 Å². The molecule has 0 bridgehead atoms.